The minimum atomic E-state index is -0.347. The Balaban J connectivity index is 1.44. The van der Waals surface area contributed by atoms with Crippen LogP contribution in [0.15, 0.2) is 35.7 Å². The van der Waals surface area contributed by atoms with Gasteiger partial charge in [0.25, 0.3) is 0 Å². The SMILES string of the molecule is CC(NC(=O)C1CC(=O)N(c2ccc3c(c2)OCO3)C1)c1cccs1. The smallest absolute Gasteiger partial charge is 0.231 e. The van der Waals surface area contributed by atoms with Gasteiger partial charge in [0.05, 0.1) is 12.0 Å². The molecule has 0 bridgehead atoms. The molecule has 0 aliphatic carbocycles. The first-order chi connectivity index (χ1) is 12.1. The first-order valence-corrected chi connectivity index (χ1v) is 9.03. The summed E-state index contributed by atoms with van der Waals surface area (Å²) in [6.07, 6.45) is 0.220. The number of carbonyl (C=O) groups excluding carboxylic acids is 2. The third-order valence-electron chi connectivity index (χ3n) is 4.49. The quantitative estimate of drug-likeness (QED) is 0.912. The molecular weight excluding hydrogens is 340 g/mol. The molecule has 0 saturated carbocycles. The Labute approximate surface area is 149 Å². The van der Waals surface area contributed by atoms with E-state index in [-0.39, 0.29) is 37.0 Å². The maximum atomic E-state index is 12.5. The Kier molecular flexibility index (Phi) is 4.09. The first-order valence-electron chi connectivity index (χ1n) is 8.15. The molecule has 3 heterocycles. The molecule has 1 fully saturated rings. The highest BCUT2D eigenvalue weighted by Crippen LogP contribution is 2.37. The van der Waals surface area contributed by atoms with Gasteiger partial charge in [-0.3, -0.25) is 9.59 Å². The molecular formula is C18H18N2O4S. The van der Waals surface area contributed by atoms with Gasteiger partial charge in [-0.1, -0.05) is 6.07 Å². The third kappa shape index (κ3) is 3.07. The van der Waals surface area contributed by atoms with Crippen molar-refractivity contribution in [3.63, 3.8) is 0 Å². The Hall–Kier alpha value is -2.54. The molecule has 0 spiro atoms. The normalized spacial score (nSPS) is 20.0. The highest BCUT2D eigenvalue weighted by atomic mass is 32.1. The Morgan fingerprint density at radius 2 is 2.16 bits per heavy atom. The summed E-state index contributed by atoms with van der Waals surface area (Å²) in [5, 5.41) is 4.99. The lowest BCUT2D eigenvalue weighted by atomic mass is 10.1. The Morgan fingerprint density at radius 3 is 2.96 bits per heavy atom. The number of thiophene rings is 1. The van der Waals surface area contributed by atoms with E-state index in [1.807, 2.05) is 30.5 Å². The maximum Gasteiger partial charge on any atom is 0.231 e. The minimum absolute atomic E-state index is 0.0530. The monoisotopic (exact) mass is 358 g/mol. The molecule has 2 aliphatic rings. The molecule has 4 rings (SSSR count). The number of ether oxygens (including phenoxy) is 2. The summed E-state index contributed by atoms with van der Waals surface area (Å²) in [6.45, 7) is 2.52. The van der Waals surface area contributed by atoms with Gasteiger partial charge in [0.2, 0.25) is 18.6 Å². The van der Waals surface area contributed by atoms with Crippen LogP contribution >= 0.6 is 11.3 Å². The van der Waals surface area contributed by atoms with Gasteiger partial charge in [0.1, 0.15) is 0 Å². The molecule has 25 heavy (non-hydrogen) atoms. The number of nitrogens with zero attached hydrogens (tertiary/aromatic N) is 1. The van der Waals surface area contributed by atoms with E-state index in [2.05, 4.69) is 5.32 Å². The van der Waals surface area contributed by atoms with Gasteiger partial charge in [-0.25, -0.2) is 0 Å². The van der Waals surface area contributed by atoms with Crippen LogP contribution in [0, 0.1) is 5.92 Å². The van der Waals surface area contributed by atoms with Crippen molar-refractivity contribution < 1.29 is 19.1 Å². The Morgan fingerprint density at radius 1 is 1.32 bits per heavy atom. The summed E-state index contributed by atoms with van der Waals surface area (Å²) in [7, 11) is 0. The van der Waals surface area contributed by atoms with Gasteiger partial charge >= 0.3 is 0 Å². The van der Waals surface area contributed by atoms with Crippen LogP contribution < -0.4 is 19.7 Å². The van der Waals surface area contributed by atoms with E-state index in [1.165, 1.54) is 0 Å². The van der Waals surface area contributed by atoms with E-state index < -0.39 is 0 Å². The van der Waals surface area contributed by atoms with Crippen molar-refractivity contribution >= 4 is 28.8 Å². The average molecular weight is 358 g/mol. The number of carbonyl (C=O) groups is 2. The summed E-state index contributed by atoms with van der Waals surface area (Å²) >= 11 is 1.61. The number of nitrogens with one attached hydrogen (secondary N) is 1. The van der Waals surface area contributed by atoms with E-state index in [0.29, 0.717) is 18.0 Å². The van der Waals surface area contributed by atoms with Crippen LogP contribution in [0.25, 0.3) is 0 Å². The predicted octanol–water partition coefficient (Wildman–Crippen LogP) is 2.71. The van der Waals surface area contributed by atoms with E-state index in [9.17, 15) is 9.59 Å². The van der Waals surface area contributed by atoms with Gasteiger partial charge in [0.15, 0.2) is 11.5 Å². The molecule has 2 unspecified atom stereocenters. The van der Waals surface area contributed by atoms with Crippen molar-refractivity contribution in [1.29, 1.82) is 0 Å². The zero-order chi connectivity index (χ0) is 17.4. The van der Waals surface area contributed by atoms with E-state index >= 15 is 0 Å². The van der Waals surface area contributed by atoms with Crippen LogP contribution in [0.3, 0.4) is 0 Å². The molecule has 2 atom stereocenters. The van der Waals surface area contributed by atoms with Gasteiger partial charge in [-0.15, -0.1) is 11.3 Å². The molecule has 2 aliphatic heterocycles. The average Bonchev–Trinajstić information content (AvgIpc) is 3.34. The number of benzene rings is 1. The number of rotatable bonds is 4. The number of anilines is 1. The highest BCUT2D eigenvalue weighted by molar-refractivity contribution is 7.10. The molecule has 7 heteroatoms. The number of fused-ring (bicyclic) bond motifs is 1. The van der Waals surface area contributed by atoms with Crippen LogP contribution in [0.4, 0.5) is 5.69 Å². The second-order valence-electron chi connectivity index (χ2n) is 6.19. The maximum absolute atomic E-state index is 12.5. The van der Waals surface area contributed by atoms with Crippen molar-refractivity contribution in [1.82, 2.24) is 5.32 Å². The lowest BCUT2D eigenvalue weighted by molar-refractivity contribution is -0.126. The lowest BCUT2D eigenvalue weighted by Crippen LogP contribution is -2.34. The largest absolute Gasteiger partial charge is 0.454 e. The fourth-order valence-electron chi connectivity index (χ4n) is 3.13. The molecule has 1 aromatic carbocycles. The molecule has 1 N–H and O–H groups in total. The molecule has 2 amide bonds. The molecule has 6 nitrogen and oxygen atoms in total. The van der Waals surface area contributed by atoms with Crippen LogP contribution in [0.5, 0.6) is 11.5 Å². The van der Waals surface area contributed by atoms with Crippen molar-refractivity contribution in [3.05, 3.63) is 40.6 Å². The van der Waals surface area contributed by atoms with Crippen LogP contribution in [-0.4, -0.2) is 25.2 Å². The highest BCUT2D eigenvalue weighted by Gasteiger charge is 2.36. The second-order valence-corrected chi connectivity index (χ2v) is 7.17. The fraction of sp³-hybridized carbons (Fsp3) is 0.333. The summed E-state index contributed by atoms with van der Waals surface area (Å²) in [5.74, 6) is 0.819. The van der Waals surface area contributed by atoms with Crippen molar-refractivity contribution in [2.75, 3.05) is 18.2 Å². The number of hydrogen-bond acceptors (Lipinski definition) is 5. The van der Waals surface area contributed by atoms with Crippen molar-refractivity contribution in [2.45, 2.75) is 19.4 Å². The van der Waals surface area contributed by atoms with Crippen molar-refractivity contribution in [3.8, 4) is 11.5 Å². The zero-order valence-corrected chi connectivity index (χ0v) is 14.5. The fourth-order valence-corrected chi connectivity index (χ4v) is 3.86. The molecule has 1 saturated heterocycles. The number of amides is 2. The minimum Gasteiger partial charge on any atom is -0.454 e. The van der Waals surface area contributed by atoms with E-state index in [4.69, 9.17) is 9.47 Å². The zero-order valence-electron chi connectivity index (χ0n) is 13.7. The standard InChI is InChI=1S/C18H18N2O4S/c1-11(16-3-2-6-25-16)19-18(22)12-7-17(21)20(9-12)13-4-5-14-15(8-13)24-10-23-14/h2-6,8,11-12H,7,9-10H2,1H3,(H,19,22). The summed E-state index contributed by atoms with van der Waals surface area (Å²) < 4.78 is 10.7. The van der Waals surface area contributed by atoms with Gasteiger partial charge in [0, 0.05) is 29.6 Å². The van der Waals surface area contributed by atoms with Gasteiger partial charge in [-0.05, 0) is 30.5 Å². The summed E-state index contributed by atoms with van der Waals surface area (Å²) in [5.41, 5.74) is 0.732. The summed E-state index contributed by atoms with van der Waals surface area (Å²) in [6, 6.07) is 9.30. The van der Waals surface area contributed by atoms with Crippen LogP contribution in [0.1, 0.15) is 24.3 Å². The molecule has 130 valence electrons. The van der Waals surface area contributed by atoms with E-state index in [1.54, 1.807) is 28.4 Å². The van der Waals surface area contributed by atoms with E-state index in [0.717, 1.165) is 10.6 Å². The molecule has 1 aromatic heterocycles. The van der Waals surface area contributed by atoms with Crippen LogP contribution in [-0.2, 0) is 9.59 Å². The second kappa shape index (κ2) is 6.40. The van der Waals surface area contributed by atoms with Gasteiger partial charge < -0.3 is 19.7 Å². The summed E-state index contributed by atoms with van der Waals surface area (Å²) in [4.78, 5) is 27.7. The van der Waals surface area contributed by atoms with Crippen molar-refractivity contribution in [2.24, 2.45) is 5.92 Å². The molecule has 2 aromatic rings. The predicted molar refractivity (Wildman–Crippen MR) is 93.9 cm³/mol. The number of hydrogen-bond donors (Lipinski definition) is 1. The van der Waals surface area contributed by atoms with Crippen LogP contribution in [0.2, 0.25) is 0 Å². The lowest BCUT2D eigenvalue weighted by Gasteiger charge is -2.18. The van der Waals surface area contributed by atoms with Gasteiger partial charge in [-0.2, -0.15) is 0 Å². The third-order valence-corrected chi connectivity index (χ3v) is 5.55. The first kappa shape index (κ1) is 16.0. The molecule has 0 radical (unpaired) electrons. The topological polar surface area (TPSA) is 67.9 Å². The Bertz CT molecular complexity index is 805.